The number of carbonyl (C=O) groups excluding carboxylic acids is 3. The summed E-state index contributed by atoms with van der Waals surface area (Å²) in [5, 5.41) is 8.45. The van der Waals surface area contributed by atoms with E-state index in [0.717, 1.165) is 6.54 Å². The zero-order valence-electron chi connectivity index (χ0n) is 28.5. The summed E-state index contributed by atoms with van der Waals surface area (Å²) in [4.78, 5) is 37.0. The van der Waals surface area contributed by atoms with Gasteiger partial charge in [0.05, 0.1) is 112 Å². The van der Waals surface area contributed by atoms with Crippen LogP contribution >= 0.6 is 0 Å². The van der Waals surface area contributed by atoms with Gasteiger partial charge in [-0.05, 0) is 19.9 Å². The zero-order chi connectivity index (χ0) is 33.5. The highest BCUT2D eigenvalue weighted by atomic mass is 16.6. The fourth-order valence-electron chi connectivity index (χ4n) is 3.64. The van der Waals surface area contributed by atoms with Crippen molar-refractivity contribution < 1.29 is 52.3 Å². The third-order valence-electron chi connectivity index (χ3n) is 6.19. The Labute approximate surface area is 270 Å². The van der Waals surface area contributed by atoms with Crippen molar-refractivity contribution in [3.8, 4) is 0 Å². The van der Waals surface area contributed by atoms with Gasteiger partial charge in [-0.25, -0.2) is 0 Å². The van der Waals surface area contributed by atoms with E-state index >= 15 is 0 Å². The van der Waals surface area contributed by atoms with Gasteiger partial charge in [-0.2, -0.15) is 0 Å². The molecular weight excluding hydrogens is 590 g/mol. The van der Waals surface area contributed by atoms with Crippen molar-refractivity contribution in [1.29, 1.82) is 0 Å². The molecule has 0 heterocycles. The smallest absolute Gasteiger partial charge is 0.243 e. The number of likely N-dealkylation sites (N-methyl/N-ethyl adjacent to an activating group) is 1. The lowest BCUT2D eigenvalue weighted by Crippen LogP contribution is -2.53. The molecule has 0 aliphatic rings. The second kappa shape index (κ2) is 30.9. The number of carbonyl (C=O) groups is 3. The lowest BCUT2D eigenvalue weighted by molar-refractivity contribution is -0.133. The molecule has 266 valence electrons. The molecule has 0 aliphatic carbocycles. The third-order valence-corrected chi connectivity index (χ3v) is 6.19. The number of ether oxygens (including phenoxy) is 8. The maximum absolute atomic E-state index is 12.6. The van der Waals surface area contributed by atoms with Gasteiger partial charge >= 0.3 is 0 Å². The number of hydrogen-bond donors (Lipinski definition) is 3. The Bertz CT molecular complexity index is 729. The summed E-state index contributed by atoms with van der Waals surface area (Å²) in [5.41, 5.74) is 0. The molecule has 0 bridgehead atoms. The number of hydrogen-bond acceptors (Lipinski definition) is 12. The molecule has 0 rings (SSSR count). The monoisotopic (exact) mass is 651 g/mol. The van der Waals surface area contributed by atoms with Crippen molar-refractivity contribution in [2.24, 2.45) is 11.8 Å². The predicted molar refractivity (Wildman–Crippen MR) is 169 cm³/mol. The van der Waals surface area contributed by atoms with Crippen LogP contribution in [0.25, 0.3) is 0 Å². The summed E-state index contributed by atoms with van der Waals surface area (Å²) in [5.74, 6) is -1.04. The quantitative estimate of drug-likeness (QED) is 0.0850. The van der Waals surface area contributed by atoms with Crippen LogP contribution in [0, 0.1) is 11.8 Å². The van der Waals surface area contributed by atoms with Gasteiger partial charge in [0.1, 0.15) is 6.04 Å². The maximum Gasteiger partial charge on any atom is 0.243 e. The summed E-state index contributed by atoms with van der Waals surface area (Å²) in [6, 6.07) is -1.34. The Morgan fingerprint density at radius 3 is 1.20 bits per heavy atom. The average molecular weight is 652 g/mol. The van der Waals surface area contributed by atoms with Crippen LogP contribution in [-0.4, -0.2) is 149 Å². The largest absolute Gasteiger partial charge is 0.379 e. The molecule has 14 heteroatoms. The van der Waals surface area contributed by atoms with Crippen LogP contribution in [0.5, 0.6) is 0 Å². The van der Waals surface area contributed by atoms with Gasteiger partial charge < -0.3 is 53.8 Å². The van der Waals surface area contributed by atoms with Gasteiger partial charge in [-0.15, -0.1) is 0 Å². The normalized spacial score (nSPS) is 12.9. The van der Waals surface area contributed by atoms with Crippen LogP contribution in [0.1, 0.15) is 41.0 Å². The zero-order valence-corrected chi connectivity index (χ0v) is 28.5. The van der Waals surface area contributed by atoms with E-state index < -0.39 is 12.1 Å². The Kier molecular flexibility index (Phi) is 29.7. The summed E-state index contributed by atoms with van der Waals surface area (Å²) >= 11 is 0. The fraction of sp³-hybridized carbons (Fsp3) is 0.903. The van der Waals surface area contributed by atoms with Crippen molar-refractivity contribution in [2.75, 3.05) is 119 Å². The van der Waals surface area contributed by atoms with E-state index in [0.29, 0.717) is 99.1 Å². The van der Waals surface area contributed by atoms with Crippen molar-refractivity contribution in [1.82, 2.24) is 16.0 Å². The number of rotatable bonds is 33. The lowest BCUT2D eigenvalue weighted by atomic mass is 10.00. The standard InChI is InChI=1S/C31H61N3O11/c1-25(2)29(31(37)33-27(5)30(36)26(3)4)34-28(35)7-9-38-11-13-40-15-17-42-19-21-44-23-24-45-22-20-43-18-16-41-14-12-39-10-8-32-6/h25-27,29,32H,7-24H2,1-6H3,(H,33,37)(H,34,35). The number of amides is 2. The highest BCUT2D eigenvalue weighted by Crippen LogP contribution is 2.05. The number of Topliss-reactive ketones (excluding diaryl/α,β-unsaturated/α-hetero) is 1. The minimum atomic E-state index is -0.728. The van der Waals surface area contributed by atoms with Gasteiger partial charge in [0.2, 0.25) is 11.8 Å². The van der Waals surface area contributed by atoms with Crippen LogP contribution < -0.4 is 16.0 Å². The van der Waals surface area contributed by atoms with E-state index in [1.165, 1.54) is 0 Å². The topological polar surface area (TPSA) is 161 Å². The highest BCUT2D eigenvalue weighted by molar-refractivity contribution is 5.93. The van der Waals surface area contributed by atoms with Crippen LogP contribution in [0.4, 0.5) is 0 Å². The van der Waals surface area contributed by atoms with E-state index in [4.69, 9.17) is 37.9 Å². The van der Waals surface area contributed by atoms with Gasteiger partial charge in [-0.1, -0.05) is 27.7 Å². The van der Waals surface area contributed by atoms with Crippen molar-refractivity contribution >= 4 is 17.6 Å². The molecule has 2 atom stereocenters. The van der Waals surface area contributed by atoms with Gasteiger partial charge in [0, 0.05) is 18.9 Å². The molecule has 0 fully saturated rings. The van der Waals surface area contributed by atoms with Crippen molar-refractivity contribution in [3.05, 3.63) is 0 Å². The van der Waals surface area contributed by atoms with E-state index in [9.17, 15) is 14.4 Å². The van der Waals surface area contributed by atoms with Gasteiger partial charge in [-0.3, -0.25) is 14.4 Å². The Hall–Kier alpha value is -1.75. The second-order valence-corrected chi connectivity index (χ2v) is 10.8. The molecule has 0 saturated heterocycles. The lowest BCUT2D eigenvalue weighted by Gasteiger charge is -2.24. The average Bonchev–Trinajstić information content (AvgIpc) is 3.00. The molecule has 0 saturated carbocycles. The van der Waals surface area contributed by atoms with Crippen LogP contribution in [0.15, 0.2) is 0 Å². The molecule has 0 aromatic rings. The molecule has 2 unspecified atom stereocenters. The van der Waals surface area contributed by atoms with Gasteiger partial charge in [0.15, 0.2) is 5.78 Å². The summed E-state index contributed by atoms with van der Waals surface area (Å²) in [6.45, 7) is 17.3. The predicted octanol–water partition coefficient (Wildman–Crippen LogP) is 0.599. The molecular formula is C31H61N3O11. The Morgan fingerprint density at radius 2 is 0.867 bits per heavy atom. The molecule has 0 aromatic heterocycles. The first-order chi connectivity index (χ1) is 21.7. The first-order valence-electron chi connectivity index (χ1n) is 16.1. The van der Waals surface area contributed by atoms with Gasteiger partial charge in [0.25, 0.3) is 0 Å². The summed E-state index contributed by atoms with van der Waals surface area (Å²) < 4.78 is 43.5. The molecule has 0 aromatic carbocycles. The first kappa shape index (κ1) is 43.2. The van der Waals surface area contributed by atoms with Crippen LogP contribution in [-0.2, 0) is 52.3 Å². The van der Waals surface area contributed by atoms with Crippen molar-refractivity contribution in [2.45, 2.75) is 53.1 Å². The van der Waals surface area contributed by atoms with Crippen LogP contribution in [0.2, 0.25) is 0 Å². The number of nitrogens with one attached hydrogen (secondary N) is 3. The molecule has 0 radical (unpaired) electrons. The Morgan fingerprint density at radius 1 is 0.511 bits per heavy atom. The third kappa shape index (κ3) is 27.1. The fourth-order valence-corrected chi connectivity index (χ4v) is 3.64. The molecule has 2 amide bonds. The minimum Gasteiger partial charge on any atom is -0.379 e. The molecule has 3 N–H and O–H groups in total. The van der Waals surface area contributed by atoms with Crippen molar-refractivity contribution in [3.63, 3.8) is 0 Å². The van der Waals surface area contributed by atoms with E-state index in [1.807, 2.05) is 20.9 Å². The molecule has 45 heavy (non-hydrogen) atoms. The second-order valence-electron chi connectivity index (χ2n) is 10.8. The molecule has 0 spiro atoms. The van der Waals surface area contributed by atoms with Crippen LogP contribution in [0.3, 0.4) is 0 Å². The SMILES string of the molecule is CNCCOCCOCCOCCOCCOCCOCCOCCOCCC(=O)NC(C(=O)NC(C)C(=O)C(C)C)C(C)C. The van der Waals surface area contributed by atoms with E-state index in [2.05, 4.69) is 16.0 Å². The number of ketones is 1. The maximum atomic E-state index is 12.6. The molecule has 0 aliphatic heterocycles. The first-order valence-corrected chi connectivity index (χ1v) is 16.1. The van der Waals surface area contributed by atoms with E-state index in [-0.39, 0.29) is 42.5 Å². The molecule has 14 nitrogen and oxygen atoms in total. The summed E-state index contributed by atoms with van der Waals surface area (Å²) in [7, 11) is 1.89. The van der Waals surface area contributed by atoms with E-state index in [1.54, 1.807) is 20.8 Å². The minimum absolute atomic E-state index is 0.0555. The highest BCUT2D eigenvalue weighted by Gasteiger charge is 2.27. The Balaban J connectivity index is 3.51. The summed E-state index contributed by atoms with van der Waals surface area (Å²) in [6.07, 6.45) is 0.114.